The number of hydrogen-bond donors (Lipinski definition) is 1. The van der Waals surface area contributed by atoms with Gasteiger partial charge in [0.15, 0.2) is 0 Å². The number of non-ortho nitro benzene ring substituents is 1. The fourth-order valence-corrected chi connectivity index (χ4v) is 5.14. The summed E-state index contributed by atoms with van der Waals surface area (Å²) in [6.07, 6.45) is 2.31. The Balaban J connectivity index is 1.46. The van der Waals surface area contributed by atoms with E-state index in [1.165, 1.54) is 0 Å². The summed E-state index contributed by atoms with van der Waals surface area (Å²) >= 11 is 0. The highest BCUT2D eigenvalue weighted by Gasteiger charge is 2.24. The average molecular weight is 513 g/mol. The van der Waals surface area contributed by atoms with Gasteiger partial charge < -0.3 is 14.6 Å². The second-order valence-corrected chi connectivity index (χ2v) is 9.63. The van der Waals surface area contributed by atoms with Crippen molar-refractivity contribution < 1.29 is 14.5 Å². The van der Waals surface area contributed by atoms with Crippen LogP contribution in [0.1, 0.15) is 29.0 Å². The van der Waals surface area contributed by atoms with Crippen LogP contribution >= 0.6 is 0 Å². The second kappa shape index (κ2) is 12.0. The largest absolute Gasteiger partial charge is 0.379 e. The van der Waals surface area contributed by atoms with Gasteiger partial charge in [0.1, 0.15) is 0 Å². The predicted molar refractivity (Wildman–Crippen MR) is 147 cm³/mol. The van der Waals surface area contributed by atoms with Gasteiger partial charge >= 0.3 is 0 Å². The van der Waals surface area contributed by atoms with E-state index in [0.29, 0.717) is 13.1 Å². The lowest BCUT2D eigenvalue weighted by Gasteiger charge is -2.26. The van der Waals surface area contributed by atoms with Gasteiger partial charge in [-0.05, 0) is 22.8 Å². The van der Waals surface area contributed by atoms with Crippen molar-refractivity contribution >= 4 is 22.5 Å². The van der Waals surface area contributed by atoms with Crippen molar-refractivity contribution in [1.82, 2.24) is 14.8 Å². The summed E-state index contributed by atoms with van der Waals surface area (Å²) < 4.78 is 7.52. The molecule has 1 saturated heterocycles. The zero-order valence-electron chi connectivity index (χ0n) is 21.3. The summed E-state index contributed by atoms with van der Waals surface area (Å²) in [6, 6.07) is 25.0. The number of fused-ring (bicyclic) bond motifs is 1. The van der Waals surface area contributed by atoms with Gasteiger partial charge in [-0.1, -0.05) is 60.7 Å². The number of amides is 1. The molecule has 1 fully saturated rings. The number of nitrogens with one attached hydrogen (secondary N) is 1. The SMILES string of the molecule is O=C(C[C@H](c1ccccc1)c1cn(Cc2ccccc2)c2ccc([N+](=O)[O-])cc12)NCCN1CCOCC1. The maximum atomic E-state index is 13.2. The quantitative estimate of drug-likeness (QED) is 0.248. The molecule has 0 unspecified atom stereocenters. The van der Waals surface area contributed by atoms with Gasteiger partial charge in [0.2, 0.25) is 5.91 Å². The Morgan fingerprint density at radius 1 is 1.00 bits per heavy atom. The van der Waals surface area contributed by atoms with E-state index in [-0.39, 0.29) is 28.9 Å². The number of aromatic nitrogens is 1. The highest BCUT2D eigenvalue weighted by Crippen LogP contribution is 2.36. The van der Waals surface area contributed by atoms with Crippen LogP contribution in [0.25, 0.3) is 10.9 Å². The number of ether oxygens (including phenoxy) is 1. The molecule has 0 saturated carbocycles. The third-order valence-electron chi connectivity index (χ3n) is 7.12. The fraction of sp³-hybridized carbons (Fsp3) is 0.300. The molecule has 3 aromatic carbocycles. The van der Waals surface area contributed by atoms with E-state index in [1.807, 2.05) is 54.6 Å². The first-order chi connectivity index (χ1) is 18.6. The van der Waals surface area contributed by atoms with Gasteiger partial charge in [0, 0.05) is 74.3 Å². The standard InChI is InChI=1S/C30H32N4O4/c35-30(31-13-14-32-15-17-38-18-16-32)20-26(24-9-5-2-6-10-24)28-22-33(21-23-7-3-1-4-8-23)29-12-11-25(34(36)37)19-27(28)29/h1-12,19,22,26H,13-18,20-21H2,(H,31,35)/t26-/m1/s1. The van der Waals surface area contributed by atoms with Crippen LogP contribution in [0, 0.1) is 10.1 Å². The number of carbonyl (C=O) groups is 1. The number of benzene rings is 3. The highest BCUT2D eigenvalue weighted by atomic mass is 16.6. The molecule has 8 nitrogen and oxygen atoms in total. The number of carbonyl (C=O) groups excluding carboxylic acids is 1. The summed E-state index contributed by atoms with van der Waals surface area (Å²) in [5.41, 5.74) is 3.99. The summed E-state index contributed by atoms with van der Waals surface area (Å²) in [6.45, 7) is 5.19. The smallest absolute Gasteiger partial charge is 0.270 e. The first kappa shape index (κ1) is 25.6. The van der Waals surface area contributed by atoms with E-state index < -0.39 is 0 Å². The van der Waals surface area contributed by atoms with Crippen LogP contribution in [-0.4, -0.2) is 59.7 Å². The lowest BCUT2D eigenvalue weighted by molar-refractivity contribution is -0.384. The Morgan fingerprint density at radius 3 is 2.42 bits per heavy atom. The Labute approximate surface area is 222 Å². The summed E-state index contributed by atoms with van der Waals surface area (Å²) in [7, 11) is 0. The van der Waals surface area contributed by atoms with Crippen LogP contribution in [-0.2, 0) is 16.1 Å². The highest BCUT2D eigenvalue weighted by molar-refractivity contribution is 5.88. The van der Waals surface area contributed by atoms with Crippen LogP contribution < -0.4 is 5.32 Å². The molecule has 1 atom stereocenters. The normalized spacial score (nSPS) is 14.8. The first-order valence-electron chi connectivity index (χ1n) is 13.0. The third kappa shape index (κ3) is 6.10. The maximum absolute atomic E-state index is 13.2. The van der Waals surface area contributed by atoms with E-state index >= 15 is 0 Å². The summed E-state index contributed by atoms with van der Waals surface area (Å²) in [5.74, 6) is -0.289. The Bertz CT molecular complexity index is 1380. The van der Waals surface area contributed by atoms with Crippen molar-refractivity contribution in [3.05, 3.63) is 112 Å². The molecule has 1 amide bonds. The van der Waals surface area contributed by atoms with Crippen molar-refractivity contribution in [2.45, 2.75) is 18.9 Å². The molecule has 5 rings (SSSR count). The maximum Gasteiger partial charge on any atom is 0.270 e. The Kier molecular flexibility index (Phi) is 8.11. The molecule has 1 aliphatic rings. The van der Waals surface area contributed by atoms with E-state index in [4.69, 9.17) is 4.74 Å². The van der Waals surface area contributed by atoms with Crippen LogP contribution in [0.15, 0.2) is 85.1 Å². The fourth-order valence-electron chi connectivity index (χ4n) is 5.14. The van der Waals surface area contributed by atoms with Gasteiger partial charge in [-0.15, -0.1) is 0 Å². The van der Waals surface area contributed by atoms with Gasteiger partial charge in [0.25, 0.3) is 5.69 Å². The molecule has 0 radical (unpaired) electrons. The lowest BCUT2D eigenvalue weighted by atomic mass is 9.88. The molecular weight excluding hydrogens is 480 g/mol. The summed E-state index contributed by atoms with van der Waals surface area (Å²) in [4.78, 5) is 26.7. The van der Waals surface area contributed by atoms with Crippen LogP contribution in [0.5, 0.6) is 0 Å². The number of rotatable bonds is 10. The number of hydrogen-bond acceptors (Lipinski definition) is 5. The van der Waals surface area contributed by atoms with E-state index in [2.05, 4.69) is 33.1 Å². The Hall–Kier alpha value is -4.01. The number of nitrogens with zero attached hydrogens (tertiary/aromatic N) is 3. The third-order valence-corrected chi connectivity index (χ3v) is 7.12. The van der Waals surface area contributed by atoms with E-state index in [9.17, 15) is 14.9 Å². The van der Waals surface area contributed by atoms with Crippen molar-refractivity contribution in [3.8, 4) is 0 Å². The van der Waals surface area contributed by atoms with E-state index in [1.54, 1.807) is 12.1 Å². The molecule has 1 aromatic heterocycles. The molecule has 196 valence electrons. The van der Waals surface area contributed by atoms with Crippen molar-refractivity contribution in [2.75, 3.05) is 39.4 Å². The topological polar surface area (TPSA) is 89.6 Å². The molecule has 4 aromatic rings. The molecule has 0 aliphatic carbocycles. The monoisotopic (exact) mass is 512 g/mol. The zero-order valence-corrected chi connectivity index (χ0v) is 21.3. The predicted octanol–water partition coefficient (Wildman–Crippen LogP) is 4.57. The molecule has 0 spiro atoms. The number of nitro benzene ring substituents is 1. The molecule has 2 heterocycles. The molecular formula is C30H32N4O4. The Morgan fingerprint density at radius 2 is 1.71 bits per heavy atom. The first-order valence-corrected chi connectivity index (χ1v) is 13.0. The molecule has 1 N–H and O–H groups in total. The minimum atomic E-state index is -0.367. The minimum Gasteiger partial charge on any atom is -0.379 e. The molecule has 1 aliphatic heterocycles. The molecule has 0 bridgehead atoms. The van der Waals surface area contributed by atoms with Crippen molar-refractivity contribution in [3.63, 3.8) is 0 Å². The van der Waals surface area contributed by atoms with Crippen LogP contribution in [0.4, 0.5) is 5.69 Å². The van der Waals surface area contributed by atoms with Crippen LogP contribution in [0.2, 0.25) is 0 Å². The average Bonchev–Trinajstić information content (AvgIpc) is 3.30. The molecule has 8 heteroatoms. The van der Waals surface area contributed by atoms with Gasteiger partial charge in [0.05, 0.1) is 18.1 Å². The van der Waals surface area contributed by atoms with Crippen molar-refractivity contribution in [2.24, 2.45) is 0 Å². The summed E-state index contributed by atoms with van der Waals surface area (Å²) in [5, 5.41) is 15.5. The second-order valence-electron chi connectivity index (χ2n) is 9.63. The van der Waals surface area contributed by atoms with Gasteiger partial charge in [-0.3, -0.25) is 19.8 Å². The minimum absolute atomic E-state index is 0.0398. The molecule has 38 heavy (non-hydrogen) atoms. The number of nitro groups is 1. The van der Waals surface area contributed by atoms with Gasteiger partial charge in [-0.25, -0.2) is 0 Å². The number of morpholine rings is 1. The van der Waals surface area contributed by atoms with Crippen molar-refractivity contribution in [1.29, 1.82) is 0 Å². The van der Waals surface area contributed by atoms with Crippen LogP contribution in [0.3, 0.4) is 0 Å². The van der Waals surface area contributed by atoms with Gasteiger partial charge in [-0.2, -0.15) is 0 Å². The zero-order chi connectivity index (χ0) is 26.3. The van der Waals surface area contributed by atoms with E-state index in [0.717, 1.165) is 60.4 Å². The lowest BCUT2D eigenvalue weighted by Crippen LogP contribution is -2.41.